The van der Waals surface area contributed by atoms with Gasteiger partial charge >= 0.3 is 0 Å². The quantitative estimate of drug-likeness (QED) is 0.774. The van der Waals surface area contributed by atoms with Gasteiger partial charge < -0.3 is 5.73 Å². The van der Waals surface area contributed by atoms with Gasteiger partial charge in [0, 0.05) is 18.3 Å². The Hall–Kier alpha value is -1.35. The van der Waals surface area contributed by atoms with Crippen molar-refractivity contribution in [1.82, 2.24) is 0 Å². The van der Waals surface area contributed by atoms with Crippen LogP contribution in [-0.2, 0) is 0 Å². The molecule has 1 aromatic carbocycles. The van der Waals surface area contributed by atoms with Crippen molar-refractivity contribution in [3.05, 3.63) is 46.4 Å². The molecule has 80 valence electrons. The Bertz CT molecular complexity index is 420. The van der Waals surface area contributed by atoms with E-state index in [1.165, 1.54) is 6.07 Å². The van der Waals surface area contributed by atoms with E-state index in [1.54, 1.807) is 32.2 Å². The molecule has 0 heterocycles. The lowest BCUT2D eigenvalue weighted by Gasteiger charge is -2.07. The van der Waals surface area contributed by atoms with E-state index in [4.69, 9.17) is 17.3 Å². The zero-order valence-electron chi connectivity index (χ0n) is 8.59. The van der Waals surface area contributed by atoms with Crippen LogP contribution in [0.1, 0.15) is 12.5 Å². The highest BCUT2D eigenvalue weighted by Gasteiger charge is 2.12. The summed E-state index contributed by atoms with van der Waals surface area (Å²) in [4.78, 5) is 3.95. The molecule has 0 atom stereocenters. The van der Waals surface area contributed by atoms with Gasteiger partial charge in [-0.05, 0) is 19.1 Å². The number of benzene rings is 1. The maximum Gasteiger partial charge on any atom is 0.132 e. The second-order valence-electron chi connectivity index (χ2n) is 3.05. The zero-order chi connectivity index (χ0) is 11.4. The van der Waals surface area contributed by atoms with Crippen molar-refractivity contribution in [2.75, 3.05) is 7.05 Å². The van der Waals surface area contributed by atoms with Crippen LogP contribution in [0, 0.1) is 5.82 Å². The van der Waals surface area contributed by atoms with Crippen LogP contribution in [0.25, 0.3) is 0 Å². The van der Waals surface area contributed by atoms with E-state index >= 15 is 0 Å². The SMILES string of the molecule is CN=C(C(Cl)=C(C)N)c1ccccc1F. The maximum absolute atomic E-state index is 13.4. The minimum atomic E-state index is -0.363. The van der Waals surface area contributed by atoms with Gasteiger partial charge in [0.1, 0.15) is 5.82 Å². The van der Waals surface area contributed by atoms with Crippen molar-refractivity contribution in [3.63, 3.8) is 0 Å². The highest BCUT2D eigenvalue weighted by Crippen LogP contribution is 2.17. The summed E-state index contributed by atoms with van der Waals surface area (Å²) in [6.45, 7) is 1.65. The predicted molar refractivity (Wildman–Crippen MR) is 61.6 cm³/mol. The first-order valence-corrected chi connectivity index (χ1v) is 4.79. The lowest BCUT2D eigenvalue weighted by atomic mass is 10.1. The highest BCUT2D eigenvalue weighted by atomic mass is 35.5. The molecule has 0 aromatic heterocycles. The van der Waals surface area contributed by atoms with E-state index in [0.29, 0.717) is 17.0 Å². The molecule has 1 aromatic rings. The van der Waals surface area contributed by atoms with E-state index in [1.807, 2.05) is 0 Å². The Balaban J connectivity index is 3.28. The second-order valence-corrected chi connectivity index (χ2v) is 3.43. The fourth-order valence-electron chi connectivity index (χ4n) is 1.18. The number of nitrogens with zero attached hydrogens (tertiary/aromatic N) is 1. The van der Waals surface area contributed by atoms with Crippen LogP contribution in [0.2, 0.25) is 0 Å². The molecule has 0 amide bonds. The molecule has 0 aliphatic rings. The average molecular weight is 227 g/mol. The summed E-state index contributed by atoms with van der Waals surface area (Å²) < 4.78 is 13.4. The van der Waals surface area contributed by atoms with Gasteiger partial charge in [-0.15, -0.1) is 0 Å². The van der Waals surface area contributed by atoms with Gasteiger partial charge in [-0.2, -0.15) is 0 Å². The van der Waals surface area contributed by atoms with Gasteiger partial charge in [-0.3, -0.25) is 4.99 Å². The number of halogens is 2. The topological polar surface area (TPSA) is 38.4 Å². The number of aliphatic imine (C=N–C) groups is 1. The van der Waals surface area contributed by atoms with Crippen LogP contribution in [-0.4, -0.2) is 12.8 Å². The Labute approximate surface area is 93.3 Å². The van der Waals surface area contributed by atoms with Gasteiger partial charge in [-0.1, -0.05) is 23.7 Å². The smallest absolute Gasteiger partial charge is 0.132 e. The molecular weight excluding hydrogens is 215 g/mol. The minimum Gasteiger partial charge on any atom is -0.401 e. The van der Waals surface area contributed by atoms with Crippen LogP contribution in [0.15, 0.2) is 40.0 Å². The maximum atomic E-state index is 13.4. The van der Waals surface area contributed by atoms with Crippen LogP contribution in [0.4, 0.5) is 4.39 Å². The summed E-state index contributed by atoms with van der Waals surface area (Å²) in [5.41, 5.74) is 6.69. The predicted octanol–water partition coefficient (Wildman–Crippen LogP) is 2.67. The minimum absolute atomic E-state index is 0.280. The van der Waals surface area contributed by atoms with Gasteiger partial charge in [0.15, 0.2) is 0 Å². The molecule has 1 rings (SSSR count). The van der Waals surface area contributed by atoms with Crippen LogP contribution in [0.5, 0.6) is 0 Å². The second kappa shape index (κ2) is 4.94. The Morgan fingerprint density at radius 2 is 2.00 bits per heavy atom. The van der Waals surface area contributed by atoms with Crippen LogP contribution < -0.4 is 5.73 Å². The van der Waals surface area contributed by atoms with Crippen molar-refractivity contribution in [3.8, 4) is 0 Å². The van der Waals surface area contributed by atoms with Gasteiger partial charge in [0.25, 0.3) is 0 Å². The Morgan fingerprint density at radius 3 is 2.47 bits per heavy atom. The summed E-state index contributed by atoms with van der Waals surface area (Å²) in [6.07, 6.45) is 0. The monoisotopic (exact) mass is 226 g/mol. The van der Waals surface area contributed by atoms with E-state index in [0.717, 1.165) is 0 Å². The number of allylic oxidation sites excluding steroid dienone is 2. The molecule has 0 saturated heterocycles. The normalized spacial score (nSPS) is 13.7. The number of rotatable bonds is 2. The third-order valence-electron chi connectivity index (χ3n) is 1.91. The summed E-state index contributed by atoms with van der Waals surface area (Å²) in [7, 11) is 1.55. The molecule has 0 spiro atoms. The van der Waals surface area contributed by atoms with E-state index in [9.17, 15) is 4.39 Å². The molecule has 0 aliphatic heterocycles. The first-order valence-electron chi connectivity index (χ1n) is 4.41. The molecule has 4 heteroatoms. The number of hydrogen-bond acceptors (Lipinski definition) is 2. The number of hydrogen-bond donors (Lipinski definition) is 1. The highest BCUT2D eigenvalue weighted by molar-refractivity contribution is 6.46. The van der Waals surface area contributed by atoms with Crippen LogP contribution in [0.3, 0.4) is 0 Å². The lowest BCUT2D eigenvalue weighted by molar-refractivity contribution is 0.625. The van der Waals surface area contributed by atoms with E-state index < -0.39 is 0 Å². The molecule has 0 fully saturated rings. The molecule has 0 radical (unpaired) electrons. The van der Waals surface area contributed by atoms with Crippen molar-refractivity contribution >= 4 is 17.3 Å². The fourth-order valence-corrected chi connectivity index (χ4v) is 1.36. The largest absolute Gasteiger partial charge is 0.401 e. The zero-order valence-corrected chi connectivity index (χ0v) is 9.35. The molecule has 0 aliphatic carbocycles. The van der Waals surface area contributed by atoms with Crippen molar-refractivity contribution in [1.29, 1.82) is 0 Å². The third kappa shape index (κ3) is 2.57. The molecule has 2 N–H and O–H groups in total. The molecule has 0 bridgehead atoms. The molecule has 0 saturated carbocycles. The first-order chi connectivity index (χ1) is 7.07. The first kappa shape index (κ1) is 11.7. The molecule has 15 heavy (non-hydrogen) atoms. The Morgan fingerprint density at radius 1 is 1.40 bits per heavy atom. The number of nitrogens with two attached hydrogens (primary N) is 1. The summed E-state index contributed by atoms with van der Waals surface area (Å²) in [5.74, 6) is -0.363. The van der Waals surface area contributed by atoms with Gasteiger partial charge in [0.05, 0.1) is 10.7 Å². The fraction of sp³-hybridized carbons (Fsp3) is 0.182. The lowest BCUT2D eigenvalue weighted by Crippen LogP contribution is -2.08. The third-order valence-corrected chi connectivity index (χ3v) is 2.38. The van der Waals surface area contributed by atoms with Gasteiger partial charge in [-0.25, -0.2) is 4.39 Å². The molecule has 0 unspecified atom stereocenters. The van der Waals surface area contributed by atoms with E-state index in [-0.39, 0.29) is 10.8 Å². The van der Waals surface area contributed by atoms with Crippen molar-refractivity contribution < 1.29 is 4.39 Å². The van der Waals surface area contributed by atoms with Crippen LogP contribution >= 0.6 is 11.6 Å². The summed E-state index contributed by atoms with van der Waals surface area (Å²) in [6, 6.07) is 6.30. The van der Waals surface area contributed by atoms with Gasteiger partial charge in [0.2, 0.25) is 0 Å². The van der Waals surface area contributed by atoms with Crippen molar-refractivity contribution in [2.24, 2.45) is 10.7 Å². The van der Waals surface area contributed by atoms with E-state index in [2.05, 4.69) is 4.99 Å². The van der Waals surface area contributed by atoms with Crippen molar-refractivity contribution in [2.45, 2.75) is 6.92 Å². The average Bonchev–Trinajstić information content (AvgIpc) is 2.21. The Kier molecular flexibility index (Phi) is 3.86. The summed E-state index contributed by atoms with van der Waals surface area (Å²) in [5, 5.41) is 0.280. The molecule has 2 nitrogen and oxygen atoms in total. The summed E-state index contributed by atoms with van der Waals surface area (Å²) >= 11 is 5.95. The molecular formula is C11H12ClFN2. The standard InChI is InChI=1S/C11H12ClFN2/c1-7(14)10(12)11(15-2)8-5-3-4-6-9(8)13/h3-6H,14H2,1-2H3.